The number of rotatable bonds is 3. The molecule has 0 aliphatic heterocycles. The topological polar surface area (TPSA) is 26.3 Å². The van der Waals surface area contributed by atoms with Crippen LogP contribution in [0.15, 0.2) is 28.7 Å². The smallest absolute Gasteiger partial charge is 0.197 e. The van der Waals surface area contributed by atoms with Crippen LogP contribution in [0.4, 0.5) is 0 Å². The number of aryl methyl sites for hydroxylation is 3. The van der Waals surface area contributed by atoms with Crippen LogP contribution in [-0.4, -0.2) is 12.9 Å². The van der Waals surface area contributed by atoms with Crippen LogP contribution < -0.4 is 4.74 Å². The van der Waals surface area contributed by atoms with E-state index in [2.05, 4.69) is 15.9 Å². The van der Waals surface area contributed by atoms with E-state index in [0.29, 0.717) is 11.3 Å². The van der Waals surface area contributed by atoms with Gasteiger partial charge in [0.2, 0.25) is 0 Å². The largest absolute Gasteiger partial charge is 0.496 e. The second-order valence-corrected chi connectivity index (χ2v) is 6.21. The first kappa shape index (κ1) is 15.8. The Kier molecular flexibility index (Phi) is 4.52. The SMILES string of the molecule is COc1c(C)cc(Br)c(C)c1C(=O)c1ccc(C)cc1C. The number of hydrogen-bond donors (Lipinski definition) is 0. The van der Waals surface area contributed by atoms with Crippen LogP contribution in [0.5, 0.6) is 5.75 Å². The van der Waals surface area contributed by atoms with E-state index < -0.39 is 0 Å². The Morgan fingerprint density at radius 1 is 1.05 bits per heavy atom. The van der Waals surface area contributed by atoms with Crippen molar-refractivity contribution in [2.45, 2.75) is 27.7 Å². The van der Waals surface area contributed by atoms with E-state index in [0.717, 1.165) is 32.3 Å². The lowest BCUT2D eigenvalue weighted by atomic mass is 9.93. The molecule has 2 nitrogen and oxygen atoms in total. The molecule has 0 heterocycles. The summed E-state index contributed by atoms with van der Waals surface area (Å²) >= 11 is 3.52. The Morgan fingerprint density at radius 3 is 2.29 bits per heavy atom. The lowest BCUT2D eigenvalue weighted by molar-refractivity contribution is 0.103. The molecular weight excluding hydrogens is 328 g/mol. The van der Waals surface area contributed by atoms with Crippen LogP contribution in [0, 0.1) is 27.7 Å². The molecule has 0 saturated carbocycles. The van der Waals surface area contributed by atoms with Gasteiger partial charge < -0.3 is 4.74 Å². The fourth-order valence-electron chi connectivity index (χ4n) is 2.59. The van der Waals surface area contributed by atoms with E-state index >= 15 is 0 Å². The summed E-state index contributed by atoms with van der Waals surface area (Å²) in [5, 5.41) is 0. The van der Waals surface area contributed by atoms with Crippen LogP contribution in [0.2, 0.25) is 0 Å². The van der Waals surface area contributed by atoms with Gasteiger partial charge in [-0.3, -0.25) is 4.79 Å². The van der Waals surface area contributed by atoms with E-state index in [1.807, 2.05) is 52.0 Å². The highest BCUT2D eigenvalue weighted by atomic mass is 79.9. The summed E-state index contributed by atoms with van der Waals surface area (Å²) in [5.41, 5.74) is 5.35. The van der Waals surface area contributed by atoms with Gasteiger partial charge in [0.1, 0.15) is 5.75 Å². The summed E-state index contributed by atoms with van der Waals surface area (Å²) in [6.07, 6.45) is 0. The minimum absolute atomic E-state index is 0.00579. The van der Waals surface area contributed by atoms with Crippen molar-refractivity contribution in [2.24, 2.45) is 0 Å². The molecule has 0 fully saturated rings. The van der Waals surface area contributed by atoms with Crippen molar-refractivity contribution < 1.29 is 9.53 Å². The van der Waals surface area contributed by atoms with Crippen molar-refractivity contribution in [3.8, 4) is 5.75 Å². The molecule has 2 aromatic carbocycles. The maximum Gasteiger partial charge on any atom is 0.197 e. The fourth-order valence-corrected chi connectivity index (χ4v) is 3.13. The highest BCUT2D eigenvalue weighted by molar-refractivity contribution is 9.10. The Hall–Kier alpha value is -1.61. The third-order valence-corrected chi connectivity index (χ3v) is 4.54. The van der Waals surface area contributed by atoms with Crippen molar-refractivity contribution in [2.75, 3.05) is 7.11 Å². The van der Waals surface area contributed by atoms with Crippen LogP contribution in [-0.2, 0) is 0 Å². The molecule has 0 N–H and O–H groups in total. The highest BCUT2D eigenvalue weighted by Crippen LogP contribution is 2.34. The van der Waals surface area contributed by atoms with Gasteiger partial charge >= 0.3 is 0 Å². The average molecular weight is 347 g/mol. The molecular formula is C18H19BrO2. The summed E-state index contributed by atoms with van der Waals surface area (Å²) in [6.45, 7) is 7.87. The predicted molar refractivity (Wildman–Crippen MR) is 89.5 cm³/mol. The monoisotopic (exact) mass is 346 g/mol. The molecule has 0 aromatic heterocycles. The van der Waals surface area contributed by atoms with Crippen molar-refractivity contribution in [3.05, 3.63) is 62.1 Å². The standard InChI is InChI=1S/C18H19BrO2/c1-10-6-7-14(11(2)8-10)17(20)16-13(4)15(19)9-12(3)18(16)21-5/h6-9H,1-5H3. The Labute approximate surface area is 134 Å². The first-order chi connectivity index (χ1) is 9.86. The zero-order valence-corrected chi connectivity index (χ0v) is 14.6. The third-order valence-electron chi connectivity index (χ3n) is 3.72. The van der Waals surface area contributed by atoms with E-state index in [1.165, 1.54) is 0 Å². The predicted octanol–water partition coefficient (Wildman–Crippen LogP) is 4.92. The van der Waals surface area contributed by atoms with Crippen molar-refractivity contribution >= 4 is 21.7 Å². The van der Waals surface area contributed by atoms with Crippen molar-refractivity contribution in [1.82, 2.24) is 0 Å². The molecule has 0 unspecified atom stereocenters. The maximum atomic E-state index is 13.0. The Bertz CT molecular complexity index is 718. The van der Waals surface area contributed by atoms with Gasteiger partial charge in [-0.25, -0.2) is 0 Å². The van der Waals surface area contributed by atoms with E-state index in [9.17, 15) is 4.79 Å². The lowest BCUT2D eigenvalue weighted by Crippen LogP contribution is -2.10. The van der Waals surface area contributed by atoms with Gasteiger partial charge in [0, 0.05) is 10.0 Å². The van der Waals surface area contributed by atoms with Gasteiger partial charge in [-0.1, -0.05) is 39.7 Å². The summed E-state index contributed by atoms with van der Waals surface area (Å²) in [6, 6.07) is 7.86. The van der Waals surface area contributed by atoms with Crippen molar-refractivity contribution in [3.63, 3.8) is 0 Å². The van der Waals surface area contributed by atoms with Gasteiger partial charge in [0.25, 0.3) is 0 Å². The number of carbonyl (C=O) groups is 1. The average Bonchev–Trinajstić information content (AvgIpc) is 2.41. The molecule has 0 aliphatic carbocycles. The second-order valence-electron chi connectivity index (χ2n) is 5.36. The molecule has 2 rings (SSSR count). The molecule has 0 atom stereocenters. The molecule has 0 spiro atoms. The van der Waals surface area contributed by atoms with E-state index in [4.69, 9.17) is 4.74 Å². The minimum atomic E-state index is 0.00579. The van der Waals surface area contributed by atoms with Crippen LogP contribution >= 0.6 is 15.9 Å². The highest BCUT2D eigenvalue weighted by Gasteiger charge is 2.22. The number of ether oxygens (including phenoxy) is 1. The van der Waals surface area contributed by atoms with Gasteiger partial charge in [-0.2, -0.15) is 0 Å². The normalized spacial score (nSPS) is 10.6. The maximum absolute atomic E-state index is 13.0. The first-order valence-electron chi connectivity index (χ1n) is 6.82. The van der Waals surface area contributed by atoms with Gasteiger partial charge in [-0.15, -0.1) is 0 Å². The fraction of sp³-hybridized carbons (Fsp3) is 0.278. The van der Waals surface area contributed by atoms with E-state index in [-0.39, 0.29) is 5.78 Å². The Morgan fingerprint density at radius 2 is 1.71 bits per heavy atom. The van der Waals surface area contributed by atoms with Gasteiger partial charge in [-0.05, 0) is 50.5 Å². The number of benzene rings is 2. The number of hydrogen-bond acceptors (Lipinski definition) is 2. The molecule has 2 aromatic rings. The number of halogens is 1. The molecule has 3 heteroatoms. The number of carbonyl (C=O) groups excluding carboxylic acids is 1. The molecule has 0 aliphatic rings. The molecule has 110 valence electrons. The molecule has 0 amide bonds. The van der Waals surface area contributed by atoms with Gasteiger partial charge in [0.05, 0.1) is 12.7 Å². The third kappa shape index (κ3) is 2.88. The quantitative estimate of drug-likeness (QED) is 0.737. The van der Waals surface area contributed by atoms with Gasteiger partial charge in [0.15, 0.2) is 5.78 Å². The minimum Gasteiger partial charge on any atom is -0.496 e. The molecule has 0 bridgehead atoms. The number of ketones is 1. The number of methoxy groups -OCH3 is 1. The summed E-state index contributed by atoms with van der Waals surface area (Å²) in [7, 11) is 1.61. The summed E-state index contributed by atoms with van der Waals surface area (Å²) in [5.74, 6) is 0.659. The molecule has 0 radical (unpaired) electrons. The van der Waals surface area contributed by atoms with Crippen LogP contribution in [0.25, 0.3) is 0 Å². The zero-order chi connectivity index (χ0) is 15.7. The van der Waals surface area contributed by atoms with Crippen LogP contribution in [0.1, 0.15) is 38.2 Å². The zero-order valence-electron chi connectivity index (χ0n) is 13.0. The molecule has 21 heavy (non-hydrogen) atoms. The van der Waals surface area contributed by atoms with E-state index in [1.54, 1.807) is 7.11 Å². The first-order valence-corrected chi connectivity index (χ1v) is 7.61. The van der Waals surface area contributed by atoms with Crippen molar-refractivity contribution in [1.29, 1.82) is 0 Å². The molecule has 0 saturated heterocycles. The Balaban J connectivity index is 2.68. The lowest BCUT2D eigenvalue weighted by Gasteiger charge is -2.16. The second kappa shape index (κ2) is 6.02. The van der Waals surface area contributed by atoms with Crippen LogP contribution in [0.3, 0.4) is 0 Å². The summed E-state index contributed by atoms with van der Waals surface area (Å²) in [4.78, 5) is 13.0. The summed E-state index contributed by atoms with van der Waals surface area (Å²) < 4.78 is 6.40.